The molecule has 2 rings (SSSR count). The lowest BCUT2D eigenvalue weighted by molar-refractivity contribution is 0.0969. The van der Waals surface area contributed by atoms with Gasteiger partial charge in [0.2, 0.25) is 0 Å². The Morgan fingerprint density at radius 2 is 2.05 bits per heavy atom. The highest BCUT2D eigenvalue weighted by molar-refractivity contribution is 5.96. The van der Waals surface area contributed by atoms with Gasteiger partial charge in [0, 0.05) is 18.5 Å². The van der Waals surface area contributed by atoms with Crippen LogP contribution in [0.5, 0.6) is 5.75 Å². The summed E-state index contributed by atoms with van der Waals surface area (Å²) < 4.78 is 5.29. The second kappa shape index (κ2) is 6.71. The molecule has 1 heterocycles. The monoisotopic (exact) mass is 261 g/mol. The SMILES string of the molecule is CCc1cc(C(=O)CCN2CCCC2)ccc1OC. The van der Waals surface area contributed by atoms with Crippen molar-refractivity contribution in [1.29, 1.82) is 0 Å². The van der Waals surface area contributed by atoms with Crippen molar-refractivity contribution in [3.8, 4) is 5.75 Å². The molecule has 3 heteroatoms. The van der Waals surface area contributed by atoms with Crippen LogP contribution >= 0.6 is 0 Å². The Morgan fingerprint density at radius 3 is 2.68 bits per heavy atom. The maximum Gasteiger partial charge on any atom is 0.164 e. The number of ketones is 1. The van der Waals surface area contributed by atoms with E-state index in [9.17, 15) is 4.79 Å². The van der Waals surface area contributed by atoms with Crippen LogP contribution in [-0.2, 0) is 6.42 Å². The molecule has 0 radical (unpaired) electrons. The van der Waals surface area contributed by atoms with E-state index in [0.29, 0.717) is 6.42 Å². The second-order valence-electron chi connectivity index (χ2n) is 5.10. The molecule has 0 bridgehead atoms. The van der Waals surface area contributed by atoms with Crippen LogP contribution in [-0.4, -0.2) is 37.4 Å². The van der Waals surface area contributed by atoms with Crippen LogP contribution in [0.3, 0.4) is 0 Å². The first-order valence-corrected chi connectivity index (χ1v) is 7.17. The Hall–Kier alpha value is -1.35. The Kier molecular flexibility index (Phi) is 4.97. The molecule has 0 aromatic heterocycles. The van der Waals surface area contributed by atoms with Gasteiger partial charge in [0.25, 0.3) is 0 Å². The number of likely N-dealkylation sites (tertiary alicyclic amines) is 1. The third kappa shape index (κ3) is 3.57. The van der Waals surface area contributed by atoms with Gasteiger partial charge in [-0.1, -0.05) is 6.92 Å². The molecular weight excluding hydrogens is 238 g/mol. The normalized spacial score (nSPS) is 15.7. The first-order valence-electron chi connectivity index (χ1n) is 7.17. The van der Waals surface area contributed by atoms with Gasteiger partial charge in [0.1, 0.15) is 5.75 Å². The van der Waals surface area contributed by atoms with Gasteiger partial charge in [-0.3, -0.25) is 4.79 Å². The van der Waals surface area contributed by atoms with Crippen molar-refractivity contribution in [2.45, 2.75) is 32.6 Å². The maximum atomic E-state index is 12.2. The minimum atomic E-state index is 0.240. The number of aryl methyl sites for hydroxylation is 1. The van der Waals surface area contributed by atoms with Crippen molar-refractivity contribution in [1.82, 2.24) is 4.90 Å². The summed E-state index contributed by atoms with van der Waals surface area (Å²) in [5, 5.41) is 0. The van der Waals surface area contributed by atoms with Crippen molar-refractivity contribution >= 4 is 5.78 Å². The van der Waals surface area contributed by atoms with Crippen LogP contribution < -0.4 is 4.74 Å². The number of ether oxygens (including phenoxy) is 1. The molecule has 0 amide bonds. The van der Waals surface area contributed by atoms with Crippen LogP contribution in [0.15, 0.2) is 18.2 Å². The molecule has 0 spiro atoms. The number of carbonyl (C=O) groups is 1. The van der Waals surface area contributed by atoms with Gasteiger partial charge < -0.3 is 9.64 Å². The average molecular weight is 261 g/mol. The summed E-state index contributed by atoms with van der Waals surface area (Å²) in [7, 11) is 1.67. The number of nitrogens with zero attached hydrogens (tertiary/aromatic N) is 1. The smallest absolute Gasteiger partial charge is 0.164 e. The van der Waals surface area contributed by atoms with E-state index in [-0.39, 0.29) is 5.78 Å². The number of hydrogen-bond acceptors (Lipinski definition) is 3. The van der Waals surface area contributed by atoms with Gasteiger partial charge >= 0.3 is 0 Å². The lowest BCUT2D eigenvalue weighted by atomic mass is 10.0. The molecule has 1 saturated heterocycles. The van der Waals surface area contributed by atoms with Crippen molar-refractivity contribution < 1.29 is 9.53 Å². The molecule has 104 valence electrons. The zero-order valence-electron chi connectivity index (χ0n) is 11.9. The maximum absolute atomic E-state index is 12.2. The largest absolute Gasteiger partial charge is 0.496 e. The molecule has 1 aromatic rings. The van der Waals surface area contributed by atoms with Gasteiger partial charge in [-0.05, 0) is 56.1 Å². The summed E-state index contributed by atoms with van der Waals surface area (Å²) in [5.41, 5.74) is 1.92. The Labute approximate surface area is 115 Å². The number of benzene rings is 1. The van der Waals surface area contributed by atoms with Crippen molar-refractivity contribution in [2.24, 2.45) is 0 Å². The average Bonchev–Trinajstić information content (AvgIpc) is 2.97. The fourth-order valence-corrected chi connectivity index (χ4v) is 2.64. The lowest BCUT2D eigenvalue weighted by Gasteiger charge is -2.14. The van der Waals surface area contributed by atoms with Crippen molar-refractivity contribution in [3.63, 3.8) is 0 Å². The predicted octanol–water partition coefficient (Wildman–Crippen LogP) is 2.93. The van der Waals surface area contributed by atoms with E-state index in [2.05, 4.69) is 11.8 Å². The Morgan fingerprint density at radius 1 is 1.32 bits per heavy atom. The van der Waals surface area contributed by atoms with Gasteiger partial charge in [-0.2, -0.15) is 0 Å². The first kappa shape index (κ1) is 14.1. The molecule has 3 nitrogen and oxygen atoms in total. The van der Waals surface area contributed by atoms with Gasteiger partial charge in [0.05, 0.1) is 7.11 Å². The highest BCUT2D eigenvalue weighted by Gasteiger charge is 2.14. The quantitative estimate of drug-likeness (QED) is 0.737. The van der Waals surface area contributed by atoms with E-state index in [0.717, 1.165) is 42.9 Å². The lowest BCUT2D eigenvalue weighted by Crippen LogP contribution is -2.22. The van der Waals surface area contributed by atoms with Gasteiger partial charge in [-0.15, -0.1) is 0 Å². The summed E-state index contributed by atoms with van der Waals surface area (Å²) in [6, 6.07) is 5.76. The summed E-state index contributed by atoms with van der Waals surface area (Å²) >= 11 is 0. The zero-order chi connectivity index (χ0) is 13.7. The Balaban J connectivity index is 1.98. The first-order chi connectivity index (χ1) is 9.24. The summed E-state index contributed by atoms with van der Waals surface area (Å²) in [6.07, 6.45) is 4.05. The molecule has 0 N–H and O–H groups in total. The topological polar surface area (TPSA) is 29.5 Å². The van der Waals surface area contributed by atoms with Crippen molar-refractivity contribution in [2.75, 3.05) is 26.7 Å². The van der Waals surface area contributed by atoms with E-state index in [1.54, 1.807) is 7.11 Å². The Bertz CT molecular complexity index is 436. The fourth-order valence-electron chi connectivity index (χ4n) is 2.64. The summed E-state index contributed by atoms with van der Waals surface area (Å²) in [6.45, 7) is 5.27. The minimum absolute atomic E-state index is 0.240. The van der Waals surface area contributed by atoms with Crippen LogP contribution in [0.25, 0.3) is 0 Å². The standard InChI is InChI=1S/C16H23NO2/c1-3-13-12-14(6-7-16(13)19-2)15(18)8-11-17-9-4-5-10-17/h6-7,12H,3-5,8-11H2,1-2H3. The van der Waals surface area contributed by atoms with E-state index < -0.39 is 0 Å². The van der Waals surface area contributed by atoms with E-state index in [4.69, 9.17) is 4.74 Å². The molecule has 0 saturated carbocycles. The molecular formula is C16H23NO2. The van der Waals surface area contributed by atoms with E-state index in [1.165, 1.54) is 12.8 Å². The molecule has 1 fully saturated rings. The van der Waals surface area contributed by atoms with Crippen LogP contribution in [0, 0.1) is 0 Å². The molecule has 0 aliphatic carbocycles. The predicted molar refractivity (Wildman–Crippen MR) is 77.0 cm³/mol. The van der Waals surface area contributed by atoms with Gasteiger partial charge in [-0.25, -0.2) is 0 Å². The van der Waals surface area contributed by atoms with E-state index in [1.807, 2.05) is 18.2 Å². The molecule has 1 aliphatic rings. The molecule has 0 atom stereocenters. The molecule has 19 heavy (non-hydrogen) atoms. The number of carbonyl (C=O) groups excluding carboxylic acids is 1. The number of rotatable bonds is 6. The van der Waals surface area contributed by atoms with Crippen LogP contribution in [0.1, 0.15) is 42.1 Å². The molecule has 1 aromatic carbocycles. The molecule has 1 aliphatic heterocycles. The van der Waals surface area contributed by atoms with E-state index >= 15 is 0 Å². The summed E-state index contributed by atoms with van der Waals surface area (Å²) in [4.78, 5) is 14.6. The highest BCUT2D eigenvalue weighted by Crippen LogP contribution is 2.21. The number of hydrogen-bond donors (Lipinski definition) is 0. The van der Waals surface area contributed by atoms with Crippen molar-refractivity contribution in [3.05, 3.63) is 29.3 Å². The zero-order valence-corrected chi connectivity index (χ0v) is 11.9. The number of Topliss-reactive ketones (excluding diaryl/α,β-unsaturated/α-hetero) is 1. The number of methoxy groups -OCH3 is 1. The highest BCUT2D eigenvalue weighted by atomic mass is 16.5. The van der Waals surface area contributed by atoms with Gasteiger partial charge in [0.15, 0.2) is 5.78 Å². The minimum Gasteiger partial charge on any atom is -0.496 e. The van der Waals surface area contributed by atoms with Crippen LogP contribution in [0.2, 0.25) is 0 Å². The third-order valence-corrected chi connectivity index (χ3v) is 3.84. The third-order valence-electron chi connectivity index (χ3n) is 3.84. The fraction of sp³-hybridized carbons (Fsp3) is 0.562. The molecule has 0 unspecified atom stereocenters. The second-order valence-corrected chi connectivity index (χ2v) is 5.10. The van der Waals surface area contributed by atoms with Crippen LogP contribution in [0.4, 0.5) is 0 Å². The summed E-state index contributed by atoms with van der Waals surface area (Å²) in [5.74, 6) is 1.11.